The fourth-order valence-corrected chi connectivity index (χ4v) is 3.73. The van der Waals surface area contributed by atoms with E-state index in [9.17, 15) is 0 Å². The average molecular weight is 343 g/mol. The van der Waals surface area contributed by atoms with Gasteiger partial charge < -0.3 is 4.40 Å². The van der Waals surface area contributed by atoms with Gasteiger partial charge in [0.2, 0.25) is 0 Å². The van der Waals surface area contributed by atoms with Crippen LogP contribution in [0, 0.1) is 6.92 Å². The monoisotopic (exact) mass is 342 g/mol. The predicted molar refractivity (Wildman–Crippen MR) is 88.4 cm³/mol. The van der Waals surface area contributed by atoms with Gasteiger partial charge in [0.25, 0.3) is 0 Å². The molecule has 0 N–H and O–H groups in total. The van der Waals surface area contributed by atoms with E-state index in [1.165, 1.54) is 20.7 Å². The first-order valence-corrected chi connectivity index (χ1v) is 7.96. The summed E-state index contributed by atoms with van der Waals surface area (Å²) in [4.78, 5) is 5.95. The van der Waals surface area contributed by atoms with Gasteiger partial charge in [-0.15, -0.1) is 11.3 Å². The smallest absolute Gasteiger partial charge is 0.137 e. The highest BCUT2D eigenvalue weighted by Crippen LogP contribution is 2.33. The Morgan fingerprint density at radius 1 is 1.15 bits per heavy atom. The molecule has 0 amide bonds. The van der Waals surface area contributed by atoms with E-state index in [-0.39, 0.29) is 0 Å². The Kier molecular flexibility index (Phi) is 2.69. The maximum absolute atomic E-state index is 4.73. The van der Waals surface area contributed by atoms with Crippen molar-refractivity contribution in [1.82, 2.24) is 9.38 Å². The van der Waals surface area contributed by atoms with Crippen LogP contribution in [-0.2, 0) is 0 Å². The zero-order valence-electron chi connectivity index (χ0n) is 10.8. The Morgan fingerprint density at radius 3 is 2.85 bits per heavy atom. The standard InChI is InChI=1S/C16H11BrN2S/c1-10-12(17)6-7-16-18-13(9-19(10)16)15-8-11-4-2-3-5-14(11)20-15/h2-9H,1H3. The van der Waals surface area contributed by atoms with E-state index in [1.54, 1.807) is 11.3 Å². The van der Waals surface area contributed by atoms with Crippen molar-refractivity contribution in [1.29, 1.82) is 0 Å². The van der Waals surface area contributed by atoms with Crippen LogP contribution in [0.25, 0.3) is 26.3 Å². The SMILES string of the molecule is Cc1c(Br)ccc2nc(-c3cc4ccccc4s3)cn12. The molecule has 0 fully saturated rings. The molecule has 1 aromatic carbocycles. The largest absolute Gasteiger partial charge is 0.303 e. The second-order valence-electron chi connectivity index (χ2n) is 4.77. The van der Waals surface area contributed by atoms with E-state index < -0.39 is 0 Å². The molecule has 4 heteroatoms. The number of benzene rings is 1. The minimum Gasteiger partial charge on any atom is -0.303 e. The molecule has 0 aliphatic carbocycles. The quantitative estimate of drug-likeness (QED) is 0.459. The fourth-order valence-electron chi connectivity index (χ4n) is 2.39. The molecule has 4 rings (SSSR count). The van der Waals surface area contributed by atoms with Crippen molar-refractivity contribution >= 4 is 43.0 Å². The Hall–Kier alpha value is -1.65. The van der Waals surface area contributed by atoms with Gasteiger partial charge in [-0.05, 0) is 52.5 Å². The van der Waals surface area contributed by atoms with Crippen molar-refractivity contribution in [3.05, 3.63) is 58.8 Å². The van der Waals surface area contributed by atoms with Crippen LogP contribution in [0.15, 0.2) is 53.1 Å². The van der Waals surface area contributed by atoms with E-state index in [1.807, 2.05) is 12.1 Å². The van der Waals surface area contributed by atoms with Crippen LogP contribution in [0.4, 0.5) is 0 Å². The molecule has 3 heterocycles. The third-order valence-electron chi connectivity index (χ3n) is 3.50. The van der Waals surface area contributed by atoms with Crippen molar-refractivity contribution in [3.8, 4) is 10.6 Å². The third-order valence-corrected chi connectivity index (χ3v) is 5.47. The predicted octanol–water partition coefficient (Wildman–Crippen LogP) is 5.29. The van der Waals surface area contributed by atoms with Gasteiger partial charge in [-0.25, -0.2) is 4.98 Å². The van der Waals surface area contributed by atoms with E-state index in [0.29, 0.717) is 0 Å². The van der Waals surface area contributed by atoms with Crippen LogP contribution < -0.4 is 0 Å². The molecule has 0 aliphatic heterocycles. The highest BCUT2D eigenvalue weighted by Gasteiger charge is 2.10. The van der Waals surface area contributed by atoms with Gasteiger partial charge in [-0.1, -0.05) is 18.2 Å². The van der Waals surface area contributed by atoms with Gasteiger partial charge in [-0.2, -0.15) is 0 Å². The number of rotatable bonds is 1. The normalized spacial score (nSPS) is 11.5. The Balaban J connectivity index is 1.95. The Morgan fingerprint density at radius 2 is 2.00 bits per heavy atom. The summed E-state index contributed by atoms with van der Waals surface area (Å²) in [5.41, 5.74) is 3.19. The number of imidazole rings is 1. The molecule has 2 nitrogen and oxygen atoms in total. The van der Waals surface area contributed by atoms with Crippen molar-refractivity contribution in [2.45, 2.75) is 6.92 Å². The highest BCUT2D eigenvalue weighted by atomic mass is 79.9. The molecule has 0 saturated carbocycles. The van der Waals surface area contributed by atoms with Crippen LogP contribution in [0.2, 0.25) is 0 Å². The number of nitrogens with zero attached hydrogens (tertiary/aromatic N) is 2. The molecule has 0 bridgehead atoms. The topological polar surface area (TPSA) is 17.3 Å². The van der Waals surface area contributed by atoms with Gasteiger partial charge in [0, 0.05) is 21.1 Å². The van der Waals surface area contributed by atoms with Crippen LogP contribution in [0.5, 0.6) is 0 Å². The first-order valence-electron chi connectivity index (χ1n) is 6.35. The van der Waals surface area contributed by atoms with Crippen molar-refractivity contribution in [2.24, 2.45) is 0 Å². The van der Waals surface area contributed by atoms with Crippen molar-refractivity contribution in [3.63, 3.8) is 0 Å². The lowest BCUT2D eigenvalue weighted by Gasteiger charge is -2.00. The summed E-state index contributed by atoms with van der Waals surface area (Å²) < 4.78 is 4.53. The zero-order chi connectivity index (χ0) is 13.7. The number of thiophene rings is 1. The Labute approximate surface area is 128 Å². The van der Waals surface area contributed by atoms with E-state index >= 15 is 0 Å². The molecule has 0 spiro atoms. The molecule has 0 aliphatic rings. The minimum atomic E-state index is 0.984. The summed E-state index contributed by atoms with van der Waals surface area (Å²) in [6.45, 7) is 2.09. The summed E-state index contributed by atoms with van der Waals surface area (Å²) >= 11 is 5.35. The van der Waals surface area contributed by atoms with Crippen LogP contribution in [0.1, 0.15) is 5.69 Å². The van der Waals surface area contributed by atoms with Crippen LogP contribution in [-0.4, -0.2) is 9.38 Å². The summed E-state index contributed by atoms with van der Waals surface area (Å²) in [6.07, 6.45) is 2.11. The number of pyridine rings is 1. The fraction of sp³-hybridized carbons (Fsp3) is 0.0625. The minimum absolute atomic E-state index is 0.984. The number of hydrogen-bond donors (Lipinski definition) is 0. The van der Waals surface area contributed by atoms with Crippen molar-refractivity contribution < 1.29 is 0 Å². The third kappa shape index (κ3) is 1.79. The molecule has 3 aromatic heterocycles. The number of fused-ring (bicyclic) bond motifs is 2. The molecular formula is C16H11BrN2S. The van der Waals surface area contributed by atoms with E-state index in [0.717, 1.165) is 15.8 Å². The number of aromatic nitrogens is 2. The first kappa shape index (κ1) is 12.1. The average Bonchev–Trinajstić information content (AvgIpc) is 3.06. The highest BCUT2D eigenvalue weighted by molar-refractivity contribution is 9.10. The summed E-state index contributed by atoms with van der Waals surface area (Å²) in [5.74, 6) is 0. The van der Waals surface area contributed by atoms with Gasteiger partial charge in [0.15, 0.2) is 0 Å². The molecule has 0 saturated heterocycles. The summed E-state index contributed by atoms with van der Waals surface area (Å²) in [6, 6.07) is 14.7. The molecule has 20 heavy (non-hydrogen) atoms. The molecule has 98 valence electrons. The van der Waals surface area contributed by atoms with E-state index in [2.05, 4.69) is 63.8 Å². The van der Waals surface area contributed by atoms with Gasteiger partial charge in [0.1, 0.15) is 5.65 Å². The summed E-state index contributed by atoms with van der Waals surface area (Å²) in [7, 11) is 0. The van der Waals surface area contributed by atoms with E-state index in [4.69, 9.17) is 4.98 Å². The van der Waals surface area contributed by atoms with Gasteiger partial charge in [-0.3, -0.25) is 0 Å². The number of aryl methyl sites for hydroxylation is 1. The lowest BCUT2D eigenvalue weighted by atomic mass is 10.2. The molecular weight excluding hydrogens is 332 g/mol. The Bertz CT molecular complexity index is 903. The van der Waals surface area contributed by atoms with Gasteiger partial charge in [0.05, 0.1) is 10.6 Å². The lowest BCUT2D eigenvalue weighted by molar-refractivity contribution is 1.08. The lowest BCUT2D eigenvalue weighted by Crippen LogP contribution is -1.89. The zero-order valence-corrected chi connectivity index (χ0v) is 13.2. The first-order chi connectivity index (χ1) is 9.72. The van der Waals surface area contributed by atoms with Crippen LogP contribution in [0.3, 0.4) is 0 Å². The number of halogens is 1. The van der Waals surface area contributed by atoms with Gasteiger partial charge >= 0.3 is 0 Å². The molecule has 0 radical (unpaired) electrons. The number of hydrogen-bond acceptors (Lipinski definition) is 2. The maximum Gasteiger partial charge on any atom is 0.137 e. The second kappa shape index (κ2) is 4.43. The molecule has 0 atom stereocenters. The summed E-state index contributed by atoms with van der Waals surface area (Å²) in [5, 5.41) is 1.28. The van der Waals surface area contributed by atoms with Crippen molar-refractivity contribution in [2.75, 3.05) is 0 Å². The second-order valence-corrected chi connectivity index (χ2v) is 6.71. The maximum atomic E-state index is 4.73. The van der Waals surface area contributed by atoms with Crippen LogP contribution >= 0.6 is 27.3 Å². The molecule has 4 aromatic rings. The molecule has 0 unspecified atom stereocenters.